The summed E-state index contributed by atoms with van der Waals surface area (Å²) in [6.45, 7) is 2.05. The molecule has 0 unspecified atom stereocenters. The van der Waals surface area contributed by atoms with Gasteiger partial charge in [0, 0.05) is 6.54 Å². The summed E-state index contributed by atoms with van der Waals surface area (Å²) in [5.41, 5.74) is 0.873. The number of nitrogens with one attached hydrogen (secondary N) is 1. The Morgan fingerprint density at radius 1 is 1.00 bits per heavy atom. The molecule has 0 saturated heterocycles. The van der Waals surface area contributed by atoms with Crippen molar-refractivity contribution in [3.05, 3.63) is 65.7 Å². The Kier molecular flexibility index (Phi) is 5.46. The lowest BCUT2D eigenvalue weighted by molar-refractivity contribution is 0.567. The number of hydrogen-bond donors (Lipinski definition) is 1. The van der Waals surface area contributed by atoms with Crippen LogP contribution in [0.3, 0.4) is 0 Å². The third-order valence-electron chi connectivity index (χ3n) is 3.88. The van der Waals surface area contributed by atoms with Crippen LogP contribution in [0.1, 0.15) is 17.5 Å². The van der Waals surface area contributed by atoms with E-state index in [1.807, 2.05) is 37.3 Å². The first-order valence-corrected chi connectivity index (χ1v) is 8.99. The highest BCUT2D eigenvalue weighted by Crippen LogP contribution is 2.26. The fraction of sp³-hybridized carbons (Fsp3) is 0.200. The van der Waals surface area contributed by atoms with Gasteiger partial charge in [0.1, 0.15) is 5.41 Å². The van der Waals surface area contributed by atoms with Crippen LogP contribution in [0, 0.1) is 31.6 Å². The monoisotopic (exact) mass is 337 g/mol. The van der Waals surface area contributed by atoms with Crippen LogP contribution in [0.5, 0.6) is 0 Å². The van der Waals surface area contributed by atoms with Crippen molar-refractivity contribution >= 4 is 10.0 Å². The molecule has 0 heterocycles. The van der Waals surface area contributed by atoms with E-state index in [9.17, 15) is 8.42 Å². The van der Waals surface area contributed by atoms with Crippen molar-refractivity contribution in [2.24, 2.45) is 0 Å². The smallest absolute Gasteiger partial charge is 0.211 e. The van der Waals surface area contributed by atoms with Crippen LogP contribution in [0.25, 0.3) is 0 Å². The van der Waals surface area contributed by atoms with Gasteiger partial charge >= 0.3 is 0 Å². The van der Waals surface area contributed by atoms with Crippen LogP contribution in [-0.2, 0) is 15.4 Å². The highest BCUT2D eigenvalue weighted by molar-refractivity contribution is 7.89. The Morgan fingerprint density at radius 3 is 2.12 bits per heavy atom. The second-order valence-corrected chi connectivity index (χ2v) is 7.29. The molecule has 0 fully saturated rings. The number of benzene rings is 2. The van der Waals surface area contributed by atoms with Crippen molar-refractivity contribution in [2.75, 3.05) is 6.54 Å². The van der Waals surface area contributed by atoms with Gasteiger partial charge in [-0.15, -0.1) is 12.8 Å². The minimum absolute atomic E-state index is 0.152. The first-order chi connectivity index (χ1) is 11.4. The highest BCUT2D eigenvalue weighted by atomic mass is 32.2. The normalized spacial score (nSPS) is 11.5. The lowest BCUT2D eigenvalue weighted by Crippen LogP contribution is -2.31. The quantitative estimate of drug-likeness (QED) is 0.824. The number of hydrogen-bond acceptors (Lipinski definition) is 2. The van der Waals surface area contributed by atoms with Gasteiger partial charge in [-0.1, -0.05) is 59.9 Å². The maximum Gasteiger partial charge on any atom is 0.240 e. The van der Waals surface area contributed by atoms with Gasteiger partial charge in [0.15, 0.2) is 0 Å². The summed E-state index contributed by atoms with van der Waals surface area (Å²) >= 11 is 0. The molecule has 24 heavy (non-hydrogen) atoms. The summed E-state index contributed by atoms with van der Waals surface area (Å²) < 4.78 is 27.2. The van der Waals surface area contributed by atoms with Gasteiger partial charge in [0.2, 0.25) is 10.0 Å². The Hall–Kier alpha value is -2.53. The van der Waals surface area contributed by atoms with E-state index in [1.54, 1.807) is 24.3 Å². The average Bonchev–Trinajstić information content (AvgIpc) is 2.60. The Morgan fingerprint density at radius 2 is 1.58 bits per heavy atom. The maximum atomic E-state index is 12.3. The van der Waals surface area contributed by atoms with Crippen molar-refractivity contribution in [1.29, 1.82) is 0 Å². The molecule has 0 bridgehead atoms. The average molecular weight is 337 g/mol. The van der Waals surface area contributed by atoms with E-state index in [0.29, 0.717) is 6.42 Å². The molecule has 2 aromatic carbocycles. The lowest BCUT2D eigenvalue weighted by atomic mass is 9.79. The van der Waals surface area contributed by atoms with Crippen LogP contribution in [0.2, 0.25) is 0 Å². The molecule has 122 valence electrons. The van der Waals surface area contributed by atoms with Gasteiger partial charge in [0.05, 0.1) is 4.90 Å². The van der Waals surface area contributed by atoms with Gasteiger partial charge < -0.3 is 0 Å². The van der Waals surface area contributed by atoms with Crippen LogP contribution in [0.15, 0.2) is 59.5 Å². The van der Waals surface area contributed by atoms with Crippen LogP contribution in [-0.4, -0.2) is 15.0 Å². The number of sulfonamides is 1. The van der Waals surface area contributed by atoms with E-state index in [0.717, 1.165) is 11.1 Å². The Balaban J connectivity index is 2.13. The Labute approximate surface area is 144 Å². The SMILES string of the molecule is C#CC(C#C)(CCNS(=O)(=O)c1ccc(C)cc1)c1ccccc1. The van der Waals surface area contributed by atoms with Gasteiger partial charge in [0.25, 0.3) is 0 Å². The number of rotatable bonds is 6. The summed E-state index contributed by atoms with van der Waals surface area (Å²) in [5, 5.41) is 0. The van der Waals surface area contributed by atoms with E-state index in [-0.39, 0.29) is 11.4 Å². The molecular formula is C20H19NO2S. The molecule has 0 aliphatic rings. The summed E-state index contributed by atoms with van der Waals surface area (Å²) in [6, 6.07) is 16.0. The van der Waals surface area contributed by atoms with Crippen molar-refractivity contribution in [3.8, 4) is 24.7 Å². The third kappa shape index (κ3) is 3.86. The molecule has 2 aromatic rings. The summed E-state index contributed by atoms with van der Waals surface area (Å²) in [4.78, 5) is 0.222. The molecule has 0 aliphatic heterocycles. The second-order valence-electron chi connectivity index (χ2n) is 5.52. The number of terminal acetylenes is 2. The Bertz CT molecular complexity index is 856. The first-order valence-electron chi connectivity index (χ1n) is 7.51. The molecule has 4 heteroatoms. The van der Waals surface area contributed by atoms with E-state index in [1.165, 1.54) is 0 Å². The van der Waals surface area contributed by atoms with Crippen LogP contribution < -0.4 is 4.72 Å². The number of aryl methyl sites for hydroxylation is 1. The predicted molar refractivity (Wildman–Crippen MR) is 96.8 cm³/mol. The van der Waals surface area contributed by atoms with E-state index >= 15 is 0 Å². The molecule has 2 rings (SSSR count). The minimum Gasteiger partial charge on any atom is -0.211 e. The van der Waals surface area contributed by atoms with Gasteiger partial charge in [-0.25, -0.2) is 13.1 Å². The van der Waals surface area contributed by atoms with Crippen LogP contribution >= 0.6 is 0 Å². The zero-order valence-electron chi connectivity index (χ0n) is 13.5. The van der Waals surface area contributed by atoms with E-state index in [4.69, 9.17) is 12.8 Å². The molecule has 3 nitrogen and oxygen atoms in total. The maximum absolute atomic E-state index is 12.3. The molecule has 0 aliphatic carbocycles. The minimum atomic E-state index is -3.59. The second kappa shape index (κ2) is 7.36. The molecule has 0 atom stereocenters. The standard InChI is InChI=1S/C20H19NO2S/c1-4-20(5-2,18-9-7-6-8-10-18)15-16-21-24(22,23)19-13-11-17(3)12-14-19/h1-2,6-14,21H,15-16H2,3H3. The molecule has 0 aromatic heterocycles. The summed E-state index contributed by atoms with van der Waals surface area (Å²) in [7, 11) is -3.59. The molecule has 0 saturated carbocycles. The predicted octanol–water partition coefficient (Wildman–Crippen LogP) is 2.87. The fourth-order valence-electron chi connectivity index (χ4n) is 2.39. The largest absolute Gasteiger partial charge is 0.240 e. The molecule has 0 spiro atoms. The van der Waals surface area contributed by atoms with E-state index in [2.05, 4.69) is 16.6 Å². The van der Waals surface area contributed by atoms with Crippen molar-refractivity contribution < 1.29 is 8.42 Å². The zero-order chi connectivity index (χ0) is 17.6. The molecule has 0 amide bonds. The third-order valence-corrected chi connectivity index (χ3v) is 5.36. The highest BCUT2D eigenvalue weighted by Gasteiger charge is 2.27. The van der Waals surface area contributed by atoms with Crippen molar-refractivity contribution in [1.82, 2.24) is 4.72 Å². The molecule has 1 N–H and O–H groups in total. The van der Waals surface area contributed by atoms with Gasteiger partial charge in [-0.3, -0.25) is 0 Å². The zero-order valence-corrected chi connectivity index (χ0v) is 14.3. The van der Waals surface area contributed by atoms with Crippen molar-refractivity contribution in [2.45, 2.75) is 23.7 Å². The lowest BCUT2D eigenvalue weighted by Gasteiger charge is -2.23. The van der Waals surface area contributed by atoms with Gasteiger partial charge in [-0.2, -0.15) is 0 Å². The summed E-state index contributed by atoms with van der Waals surface area (Å²) in [5.74, 6) is 5.29. The molecular weight excluding hydrogens is 318 g/mol. The first kappa shape index (κ1) is 17.8. The van der Waals surface area contributed by atoms with E-state index < -0.39 is 15.4 Å². The van der Waals surface area contributed by atoms with Gasteiger partial charge in [-0.05, 0) is 31.0 Å². The fourth-order valence-corrected chi connectivity index (χ4v) is 3.43. The van der Waals surface area contributed by atoms with Crippen molar-refractivity contribution in [3.63, 3.8) is 0 Å². The summed E-state index contributed by atoms with van der Waals surface area (Å²) in [6.07, 6.45) is 11.6. The molecule has 0 radical (unpaired) electrons. The van der Waals surface area contributed by atoms with Crippen LogP contribution in [0.4, 0.5) is 0 Å². The topological polar surface area (TPSA) is 46.2 Å².